The lowest BCUT2D eigenvalue weighted by Crippen LogP contribution is -2.59. The van der Waals surface area contributed by atoms with Crippen LogP contribution in [0, 0.1) is 0 Å². The van der Waals surface area contributed by atoms with E-state index >= 15 is 0 Å². The summed E-state index contributed by atoms with van der Waals surface area (Å²) in [6.07, 6.45) is -4.10. The second kappa shape index (κ2) is 8.73. The first-order valence-corrected chi connectivity index (χ1v) is 8.46. The summed E-state index contributed by atoms with van der Waals surface area (Å²) in [5.41, 5.74) is 1.01. The summed E-state index contributed by atoms with van der Waals surface area (Å²) in [7, 11) is 1.33. The average Bonchev–Trinajstić information content (AvgIpc) is 3.17. The van der Waals surface area contributed by atoms with Crippen molar-refractivity contribution in [2.24, 2.45) is 0 Å². The fourth-order valence-electron chi connectivity index (χ4n) is 2.90. The highest BCUT2D eigenvalue weighted by Crippen LogP contribution is 2.24. The van der Waals surface area contributed by atoms with Crippen molar-refractivity contribution >= 4 is 5.97 Å². The van der Waals surface area contributed by atoms with Crippen molar-refractivity contribution < 1.29 is 39.4 Å². The molecule has 0 spiro atoms. The minimum Gasteiger partial charge on any atom is -0.478 e. The van der Waals surface area contributed by atoms with Gasteiger partial charge in [0, 0.05) is 7.11 Å². The van der Waals surface area contributed by atoms with E-state index in [4.69, 9.17) is 19.3 Å². The van der Waals surface area contributed by atoms with Crippen LogP contribution in [0.15, 0.2) is 30.5 Å². The number of ether oxygens (including phenoxy) is 3. The second-order valence-electron chi connectivity index (χ2n) is 6.23. The normalized spacial score (nSPS) is 27.6. The third-order valence-corrected chi connectivity index (χ3v) is 4.38. The van der Waals surface area contributed by atoms with Crippen LogP contribution in [0.4, 0.5) is 0 Å². The number of benzene rings is 1. The molecule has 0 unspecified atom stereocenters. The van der Waals surface area contributed by atoms with Gasteiger partial charge >= 0.3 is 5.97 Å². The lowest BCUT2D eigenvalue weighted by molar-refractivity contribution is -0.303. The van der Waals surface area contributed by atoms with Gasteiger partial charge in [0.2, 0.25) is 0 Å². The number of aromatic carboxylic acids is 1. The molecule has 152 valence electrons. The molecular formula is C17H21N3O8. The van der Waals surface area contributed by atoms with Crippen LogP contribution >= 0.6 is 0 Å². The first kappa shape index (κ1) is 20.3. The molecule has 1 aliphatic rings. The van der Waals surface area contributed by atoms with Gasteiger partial charge in [0.1, 0.15) is 30.1 Å². The molecule has 2 heterocycles. The Hall–Kier alpha value is -2.41. The van der Waals surface area contributed by atoms with Crippen molar-refractivity contribution in [1.82, 2.24) is 15.0 Å². The number of rotatable bonds is 7. The topological polar surface area (TPSA) is 156 Å². The van der Waals surface area contributed by atoms with E-state index in [0.29, 0.717) is 11.4 Å². The number of aliphatic hydroxyl groups excluding tert-OH is 3. The van der Waals surface area contributed by atoms with E-state index < -0.39 is 43.3 Å². The number of aliphatic hydroxyl groups is 3. The molecule has 5 atom stereocenters. The highest BCUT2D eigenvalue weighted by molar-refractivity contribution is 5.88. The maximum absolute atomic E-state index is 11.1. The smallest absolute Gasteiger partial charge is 0.335 e. The third-order valence-electron chi connectivity index (χ3n) is 4.38. The Bertz CT molecular complexity index is 797. The SMILES string of the molecule is CO[C@@H]1O[C@H](CO)[C@H](O)[C@H](OCc2cn(-c3cccc(C(=O)O)c3)nn2)[C@H]1O. The highest BCUT2D eigenvalue weighted by atomic mass is 16.7. The van der Waals surface area contributed by atoms with Crippen LogP contribution in [0.1, 0.15) is 16.1 Å². The van der Waals surface area contributed by atoms with Gasteiger partial charge in [-0.05, 0) is 18.2 Å². The van der Waals surface area contributed by atoms with Crippen LogP contribution in [0.25, 0.3) is 5.69 Å². The summed E-state index contributed by atoms with van der Waals surface area (Å²) in [5.74, 6) is -1.06. The quantitative estimate of drug-likeness (QED) is 0.455. The van der Waals surface area contributed by atoms with Gasteiger partial charge < -0.3 is 34.6 Å². The fraction of sp³-hybridized carbons (Fsp3) is 0.471. The molecule has 1 aromatic carbocycles. The zero-order valence-electron chi connectivity index (χ0n) is 15.0. The minimum atomic E-state index is -1.27. The van der Waals surface area contributed by atoms with E-state index in [1.165, 1.54) is 30.1 Å². The summed E-state index contributed by atoms with van der Waals surface area (Å²) >= 11 is 0. The van der Waals surface area contributed by atoms with E-state index in [1.54, 1.807) is 12.1 Å². The fourth-order valence-corrected chi connectivity index (χ4v) is 2.90. The Kier molecular flexibility index (Phi) is 6.34. The molecule has 11 heteroatoms. The van der Waals surface area contributed by atoms with Crippen LogP contribution in [0.3, 0.4) is 0 Å². The number of carboxylic acids is 1. The molecule has 1 fully saturated rings. The van der Waals surface area contributed by atoms with Gasteiger partial charge in [-0.25, -0.2) is 9.48 Å². The summed E-state index contributed by atoms with van der Waals surface area (Å²) in [4.78, 5) is 11.1. The molecule has 0 aliphatic carbocycles. The summed E-state index contributed by atoms with van der Waals surface area (Å²) in [6.45, 7) is -0.560. The Morgan fingerprint density at radius 1 is 1.32 bits per heavy atom. The van der Waals surface area contributed by atoms with E-state index in [2.05, 4.69) is 10.3 Å². The molecule has 28 heavy (non-hydrogen) atoms. The Labute approximate surface area is 159 Å². The van der Waals surface area contributed by atoms with E-state index in [9.17, 15) is 20.1 Å². The largest absolute Gasteiger partial charge is 0.478 e. The van der Waals surface area contributed by atoms with Crippen molar-refractivity contribution in [1.29, 1.82) is 0 Å². The van der Waals surface area contributed by atoms with Crippen molar-refractivity contribution in [2.45, 2.75) is 37.3 Å². The number of aromatic nitrogens is 3. The molecule has 2 aromatic rings. The van der Waals surface area contributed by atoms with E-state index in [1.807, 2.05) is 0 Å². The van der Waals surface area contributed by atoms with Crippen LogP contribution in [0.2, 0.25) is 0 Å². The number of methoxy groups -OCH3 is 1. The lowest BCUT2D eigenvalue weighted by Gasteiger charge is -2.41. The molecule has 0 saturated carbocycles. The average molecular weight is 395 g/mol. The molecule has 4 N–H and O–H groups in total. The molecule has 1 aliphatic heterocycles. The number of nitrogens with zero attached hydrogens (tertiary/aromatic N) is 3. The van der Waals surface area contributed by atoms with E-state index in [-0.39, 0.29) is 12.2 Å². The molecule has 0 amide bonds. The maximum Gasteiger partial charge on any atom is 0.335 e. The van der Waals surface area contributed by atoms with Gasteiger partial charge in [-0.1, -0.05) is 11.3 Å². The molecule has 0 bridgehead atoms. The van der Waals surface area contributed by atoms with Crippen LogP contribution in [-0.4, -0.2) is 85.8 Å². The number of hydrogen-bond donors (Lipinski definition) is 4. The molecule has 0 radical (unpaired) electrons. The predicted octanol–water partition coefficient (Wildman–Crippen LogP) is -1.06. The predicted molar refractivity (Wildman–Crippen MR) is 91.7 cm³/mol. The van der Waals surface area contributed by atoms with E-state index in [0.717, 1.165) is 0 Å². The molecule has 1 saturated heterocycles. The van der Waals surface area contributed by atoms with Crippen molar-refractivity contribution in [3.05, 3.63) is 41.7 Å². The molecule has 3 rings (SSSR count). The van der Waals surface area contributed by atoms with Gasteiger partial charge in [-0.15, -0.1) is 5.10 Å². The molecule has 1 aromatic heterocycles. The molecular weight excluding hydrogens is 374 g/mol. The first-order valence-electron chi connectivity index (χ1n) is 8.46. The van der Waals surface area contributed by atoms with Gasteiger partial charge in [0.05, 0.1) is 30.7 Å². The van der Waals surface area contributed by atoms with Crippen LogP contribution in [0.5, 0.6) is 0 Å². The summed E-state index contributed by atoms with van der Waals surface area (Å²) in [5, 5.41) is 46.7. The Morgan fingerprint density at radius 3 is 2.79 bits per heavy atom. The summed E-state index contributed by atoms with van der Waals surface area (Å²) < 4.78 is 17.2. The van der Waals surface area contributed by atoms with Crippen LogP contribution in [-0.2, 0) is 20.8 Å². The monoisotopic (exact) mass is 395 g/mol. The third kappa shape index (κ3) is 4.19. The van der Waals surface area contributed by atoms with Crippen LogP contribution < -0.4 is 0 Å². The number of carbonyl (C=O) groups is 1. The zero-order valence-corrected chi connectivity index (χ0v) is 15.0. The van der Waals surface area contributed by atoms with Gasteiger partial charge in [-0.3, -0.25) is 0 Å². The number of hydrogen-bond acceptors (Lipinski definition) is 9. The van der Waals surface area contributed by atoms with Crippen molar-refractivity contribution in [2.75, 3.05) is 13.7 Å². The standard InChI is InChI=1S/C17H21N3O8/c1-26-17-14(23)15(13(22)12(7-21)28-17)27-8-10-6-20(19-18-10)11-4-2-3-9(5-11)16(24)25/h2-6,12-15,17,21-23H,7-8H2,1H3,(H,24,25)/t12-,13+,14-,15+,17-/m1/s1. The van der Waals surface area contributed by atoms with Gasteiger partial charge in [0.15, 0.2) is 6.29 Å². The Balaban J connectivity index is 1.69. The van der Waals surface area contributed by atoms with Gasteiger partial charge in [-0.2, -0.15) is 0 Å². The lowest BCUT2D eigenvalue weighted by atomic mass is 9.99. The molecule has 11 nitrogen and oxygen atoms in total. The zero-order chi connectivity index (χ0) is 20.3. The Morgan fingerprint density at radius 2 is 2.11 bits per heavy atom. The van der Waals surface area contributed by atoms with Crippen molar-refractivity contribution in [3.8, 4) is 5.69 Å². The minimum absolute atomic E-state index is 0.0913. The summed E-state index contributed by atoms with van der Waals surface area (Å²) in [6, 6.07) is 6.17. The van der Waals surface area contributed by atoms with Crippen molar-refractivity contribution in [3.63, 3.8) is 0 Å². The number of carboxylic acid groups (broad SMARTS) is 1. The highest BCUT2D eigenvalue weighted by Gasteiger charge is 2.45. The first-order chi connectivity index (χ1) is 13.4. The van der Waals surface area contributed by atoms with Gasteiger partial charge in [0.25, 0.3) is 0 Å². The maximum atomic E-state index is 11.1. The second-order valence-corrected chi connectivity index (χ2v) is 6.23.